The largest absolute Gasteiger partial charge is 0.478 e. The first kappa shape index (κ1) is 15.5. The summed E-state index contributed by atoms with van der Waals surface area (Å²) >= 11 is 0. The number of ether oxygens (including phenoxy) is 2. The molecule has 0 bridgehead atoms. The summed E-state index contributed by atoms with van der Waals surface area (Å²) in [6, 6.07) is 5.53. The number of aryl methyl sites for hydroxylation is 1. The van der Waals surface area contributed by atoms with Crippen molar-refractivity contribution in [1.29, 1.82) is 0 Å². The molecule has 1 aromatic carbocycles. The first-order valence-corrected chi connectivity index (χ1v) is 6.66. The van der Waals surface area contributed by atoms with Crippen LogP contribution in [0.1, 0.15) is 37.8 Å². The Labute approximate surface area is 114 Å². The van der Waals surface area contributed by atoms with Gasteiger partial charge in [0.15, 0.2) is 6.10 Å². The molecular formula is C15H22O4. The van der Waals surface area contributed by atoms with Crippen LogP contribution in [0.15, 0.2) is 18.2 Å². The summed E-state index contributed by atoms with van der Waals surface area (Å²) in [7, 11) is 0. The molecule has 0 aliphatic carbocycles. The first-order valence-electron chi connectivity index (χ1n) is 6.66. The van der Waals surface area contributed by atoms with Gasteiger partial charge in [-0.1, -0.05) is 31.5 Å². The second-order valence-corrected chi connectivity index (χ2v) is 4.37. The van der Waals surface area contributed by atoms with E-state index in [-0.39, 0.29) is 12.6 Å². The SMILES string of the molecule is CCCC(Oc1c(C)cccc1CO)C(=O)OCC. The molecule has 0 spiro atoms. The van der Waals surface area contributed by atoms with E-state index in [4.69, 9.17) is 9.47 Å². The lowest BCUT2D eigenvalue weighted by atomic mass is 10.1. The lowest BCUT2D eigenvalue weighted by Gasteiger charge is -2.20. The molecule has 0 amide bonds. The van der Waals surface area contributed by atoms with Crippen LogP contribution >= 0.6 is 0 Å². The zero-order chi connectivity index (χ0) is 14.3. The van der Waals surface area contributed by atoms with Gasteiger partial charge in [0.1, 0.15) is 5.75 Å². The predicted molar refractivity (Wildman–Crippen MR) is 73.1 cm³/mol. The average molecular weight is 266 g/mol. The third-order valence-corrected chi connectivity index (χ3v) is 2.82. The zero-order valence-electron chi connectivity index (χ0n) is 11.8. The van der Waals surface area contributed by atoms with Gasteiger partial charge in [-0.15, -0.1) is 0 Å². The van der Waals surface area contributed by atoms with Crippen LogP contribution in [0, 0.1) is 6.92 Å². The number of rotatable bonds is 7. The Balaban J connectivity index is 2.92. The number of hydrogen-bond donors (Lipinski definition) is 1. The lowest BCUT2D eigenvalue weighted by molar-refractivity contribution is -0.151. The van der Waals surface area contributed by atoms with E-state index in [1.807, 2.05) is 26.0 Å². The number of carbonyl (C=O) groups excluding carboxylic acids is 1. The van der Waals surface area contributed by atoms with Crippen molar-refractivity contribution >= 4 is 5.97 Å². The summed E-state index contributed by atoms with van der Waals surface area (Å²) < 4.78 is 10.8. The molecule has 106 valence electrons. The highest BCUT2D eigenvalue weighted by atomic mass is 16.6. The van der Waals surface area contributed by atoms with Crippen molar-refractivity contribution in [2.75, 3.05) is 6.61 Å². The Hall–Kier alpha value is -1.55. The van der Waals surface area contributed by atoms with Crippen LogP contribution in [0.5, 0.6) is 5.75 Å². The quantitative estimate of drug-likeness (QED) is 0.771. The fourth-order valence-electron chi connectivity index (χ4n) is 1.87. The van der Waals surface area contributed by atoms with Gasteiger partial charge in [0.05, 0.1) is 13.2 Å². The molecule has 1 rings (SSSR count). The van der Waals surface area contributed by atoms with Crippen LogP contribution in [0.2, 0.25) is 0 Å². The minimum absolute atomic E-state index is 0.112. The number of aliphatic hydroxyl groups excluding tert-OH is 1. The number of benzene rings is 1. The first-order chi connectivity index (χ1) is 9.13. The Bertz CT molecular complexity index is 415. The highest BCUT2D eigenvalue weighted by Gasteiger charge is 2.22. The highest BCUT2D eigenvalue weighted by Crippen LogP contribution is 2.25. The molecule has 0 aliphatic heterocycles. The van der Waals surface area contributed by atoms with E-state index in [9.17, 15) is 9.90 Å². The number of esters is 1. The molecule has 0 aromatic heterocycles. The summed E-state index contributed by atoms with van der Waals surface area (Å²) in [5.74, 6) is 0.230. The molecule has 1 unspecified atom stereocenters. The molecule has 1 N–H and O–H groups in total. The van der Waals surface area contributed by atoms with E-state index in [1.54, 1.807) is 13.0 Å². The third kappa shape index (κ3) is 4.24. The van der Waals surface area contributed by atoms with Gasteiger partial charge in [-0.25, -0.2) is 4.79 Å². The van der Waals surface area contributed by atoms with E-state index >= 15 is 0 Å². The van der Waals surface area contributed by atoms with Gasteiger partial charge in [0.2, 0.25) is 0 Å². The van der Waals surface area contributed by atoms with Crippen LogP contribution in [-0.4, -0.2) is 23.8 Å². The molecule has 0 radical (unpaired) electrons. The molecule has 19 heavy (non-hydrogen) atoms. The van der Waals surface area contributed by atoms with Crippen molar-refractivity contribution in [3.8, 4) is 5.75 Å². The molecule has 0 fully saturated rings. The van der Waals surface area contributed by atoms with Gasteiger partial charge in [-0.3, -0.25) is 0 Å². The van der Waals surface area contributed by atoms with E-state index in [0.29, 0.717) is 24.3 Å². The van der Waals surface area contributed by atoms with Crippen molar-refractivity contribution < 1.29 is 19.4 Å². The fourth-order valence-corrected chi connectivity index (χ4v) is 1.87. The predicted octanol–water partition coefficient (Wildman–Crippen LogP) is 2.60. The number of para-hydroxylation sites is 1. The number of carbonyl (C=O) groups is 1. The Morgan fingerprint density at radius 2 is 2.11 bits per heavy atom. The molecule has 0 heterocycles. The van der Waals surface area contributed by atoms with Crippen LogP contribution in [0.4, 0.5) is 0 Å². The maximum atomic E-state index is 11.8. The van der Waals surface area contributed by atoms with Crippen LogP contribution in [-0.2, 0) is 16.1 Å². The summed E-state index contributed by atoms with van der Waals surface area (Å²) in [4.78, 5) is 11.8. The molecule has 0 saturated carbocycles. The van der Waals surface area contributed by atoms with E-state index in [2.05, 4.69) is 0 Å². The van der Waals surface area contributed by atoms with Crippen molar-refractivity contribution in [2.24, 2.45) is 0 Å². The Morgan fingerprint density at radius 1 is 1.37 bits per heavy atom. The summed E-state index contributed by atoms with van der Waals surface area (Å²) in [5, 5.41) is 9.33. The molecule has 0 aliphatic rings. The summed E-state index contributed by atoms with van der Waals surface area (Å²) in [6.07, 6.45) is 0.804. The van der Waals surface area contributed by atoms with Crippen LogP contribution < -0.4 is 4.74 Å². The molecule has 4 heteroatoms. The molecular weight excluding hydrogens is 244 g/mol. The van der Waals surface area contributed by atoms with Gasteiger partial charge in [0.25, 0.3) is 0 Å². The second kappa shape index (κ2) is 7.79. The number of aliphatic hydroxyl groups is 1. The Morgan fingerprint density at radius 3 is 2.68 bits per heavy atom. The number of hydrogen-bond acceptors (Lipinski definition) is 4. The standard InChI is InChI=1S/C15H22O4/c1-4-7-13(15(17)18-5-2)19-14-11(3)8-6-9-12(14)10-16/h6,8-9,13,16H,4-5,7,10H2,1-3H3. The highest BCUT2D eigenvalue weighted by molar-refractivity contribution is 5.75. The van der Waals surface area contributed by atoms with Gasteiger partial charge < -0.3 is 14.6 Å². The maximum absolute atomic E-state index is 11.8. The zero-order valence-corrected chi connectivity index (χ0v) is 11.8. The minimum Gasteiger partial charge on any atom is -0.478 e. The monoisotopic (exact) mass is 266 g/mol. The lowest BCUT2D eigenvalue weighted by Crippen LogP contribution is -2.30. The minimum atomic E-state index is -0.614. The maximum Gasteiger partial charge on any atom is 0.347 e. The van der Waals surface area contributed by atoms with E-state index in [1.165, 1.54) is 0 Å². The summed E-state index contributed by atoms with van der Waals surface area (Å²) in [6.45, 7) is 5.87. The molecule has 1 aromatic rings. The topological polar surface area (TPSA) is 55.8 Å². The molecule has 4 nitrogen and oxygen atoms in total. The van der Waals surface area contributed by atoms with Crippen molar-refractivity contribution in [3.05, 3.63) is 29.3 Å². The van der Waals surface area contributed by atoms with Gasteiger partial charge in [-0.05, 0) is 25.8 Å². The summed E-state index contributed by atoms with van der Waals surface area (Å²) in [5.41, 5.74) is 1.59. The normalized spacial score (nSPS) is 12.0. The van der Waals surface area contributed by atoms with Crippen molar-refractivity contribution in [3.63, 3.8) is 0 Å². The Kier molecular flexibility index (Phi) is 6.36. The van der Waals surface area contributed by atoms with Crippen molar-refractivity contribution in [1.82, 2.24) is 0 Å². The van der Waals surface area contributed by atoms with E-state index in [0.717, 1.165) is 12.0 Å². The average Bonchev–Trinajstić information content (AvgIpc) is 2.40. The van der Waals surface area contributed by atoms with Crippen LogP contribution in [0.3, 0.4) is 0 Å². The van der Waals surface area contributed by atoms with E-state index < -0.39 is 6.10 Å². The molecule has 0 saturated heterocycles. The van der Waals surface area contributed by atoms with Gasteiger partial charge >= 0.3 is 5.97 Å². The van der Waals surface area contributed by atoms with Crippen molar-refractivity contribution in [2.45, 2.75) is 46.3 Å². The second-order valence-electron chi connectivity index (χ2n) is 4.37. The van der Waals surface area contributed by atoms with Gasteiger partial charge in [0, 0.05) is 5.56 Å². The van der Waals surface area contributed by atoms with Gasteiger partial charge in [-0.2, -0.15) is 0 Å². The fraction of sp³-hybridized carbons (Fsp3) is 0.533. The molecule has 1 atom stereocenters. The van der Waals surface area contributed by atoms with Crippen LogP contribution in [0.25, 0.3) is 0 Å². The third-order valence-electron chi connectivity index (χ3n) is 2.82. The smallest absolute Gasteiger partial charge is 0.347 e.